The van der Waals surface area contributed by atoms with Gasteiger partial charge in [0.05, 0.1) is 5.56 Å². The quantitative estimate of drug-likeness (QED) is 0.820. The molecule has 1 nitrogen and oxygen atoms in total. The van der Waals surface area contributed by atoms with Crippen LogP contribution in [0.4, 0.5) is 17.6 Å². The molecule has 5 heteroatoms. The molecule has 100 valence electrons. The molecule has 0 aliphatic carbocycles. The molecule has 2 rings (SSSR count). The van der Waals surface area contributed by atoms with Gasteiger partial charge in [-0.3, -0.25) is 0 Å². The Morgan fingerprint density at radius 1 is 1.00 bits per heavy atom. The fourth-order valence-electron chi connectivity index (χ4n) is 1.86. The van der Waals surface area contributed by atoms with Crippen molar-refractivity contribution in [1.82, 2.24) is 0 Å². The normalized spacial score (nSPS) is 11.6. The molecule has 0 fully saturated rings. The summed E-state index contributed by atoms with van der Waals surface area (Å²) in [6.45, 7) is 0.0203. The SMILES string of the molecule is NCc1ccc(-c2cccc(F)c2)c(C(F)(F)F)c1. The number of nitrogens with two attached hydrogens (primary N) is 1. The van der Waals surface area contributed by atoms with Gasteiger partial charge in [-0.25, -0.2) is 4.39 Å². The maximum Gasteiger partial charge on any atom is 0.417 e. The third-order valence-corrected chi connectivity index (χ3v) is 2.76. The van der Waals surface area contributed by atoms with Crippen LogP contribution in [-0.4, -0.2) is 0 Å². The molecular weight excluding hydrogens is 258 g/mol. The fraction of sp³-hybridized carbons (Fsp3) is 0.143. The summed E-state index contributed by atoms with van der Waals surface area (Å²) in [5.41, 5.74) is 5.06. The van der Waals surface area contributed by atoms with Crippen LogP contribution in [0, 0.1) is 5.82 Å². The number of hydrogen-bond donors (Lipinski definition) is 1. The van der Waals surface area contributed by atoms with Gasteiger partial charge in [-0.15, -0.1) is 0 Å². The first kappa shape index (κ1) is 13.5. The van der Waals surface area contributed by atoms with Gasteiger partial charge in [0.25, 0.3) is 0 Å². The van der Waals surface area contributed by atoms with Crippen molar-refractivity contribution in [2.45, 2.75) is 12.7 Å². The monoisotopic (exact) mass is 269 g/mol. The second-order valence-corrected chi connectivity index (χ2v) is 4.09. The van der Waals surface area contributed by atoms with Crippen LogP contribution in [0.3, 0.4) is 0 Å². The van der Waals surface area contributed by atoms with Crippen LogP contribution in [0.15, 0.2) is 42.5 Å². The van der Waals surface area contributed by atoms with Gasteiger partial charge in [-0.05, 0) is 34.9 Å². The highest BCUT2D eigenvalue weighted by Gasteiger charge is 2.33. The molecule has 0 heterocycles. The molecule has 0 saturated carbocycles. The van der Waals surface area contributed by atoms with Crippen LogP contribution in [0.2, 0.25) is 0 Å². The van der Waals surface area contributed by atoms with Crippen molar-refractivity contribution in [2.75, 3.05) is 0 Å². The summed E-state index contributed by atoms with van der Waals surface area (Å²) in [5, 5.41) is 0. The van der Waals surface area contributed by atoms with Gasteiger partial charge in [-0.1, -0.05) is 24.3 Å². The van der Waals surface area contributed by atoms with Crippen molar-refractivity contribution in [2.24, 2.45) is 5.73 Å². The second kappa shape index (κ2) is 5.01. The average molecular weight is 269 g/mol. The standard InChI is InChI=1S/C14H11F4N/c15-11-3-1-2-10(7-11)12-5-4-9(8-19)6-13(12)14(16,17)18/h1-7H,8,19H2. The smallest absolute Gasteiger partial charge is 0.326 e. The van der Waals surface area contributed by atoms with Gasteiger partial charge < -0.3 is 5.73 Å². The van der Waals surface area contributed by atoms with Crippen LogP contribution in [0.25, 0.3) is 11.1 Å². The highest BCUT2D eigenvalue weighted by atomic mass is 19.4. The zero-order valence-corrected chi connectivity index (χ0v) is 9.84. The first-order valence-corrected chi connectivity index (χ1v) is 5.58. The van der Waals surface area contributed by atoms with Gasteiger partial charge in [0.2, 0.25) is 0 Å². The van der Waals surface area contributed by atoms with Gasteiger partial charge in [0.1, 0.15) is 5.82 Å². The number of rotatable bonds is 2. The molecule has 0 amide bonds. The van der Waals surface area contributed by atoms with E-state index in [1.54, 1.807) is 0 Å². The summed E-state index contributed by atoms with van der Waals surface area (Å²) in [4.78, 5) is 0. The minimum absolute atomic E-state index is 0.0203. The Balaban J connectivity index is 2.63. The molecule has 0 bridgehead atoms. The molecule has 19 heavy (non-hydrogen) atoms. The van der Waals surface area contributed by atoms with Crippen molar-refractivity contribution in [3.8, 4) is 11.1 Å². The zero-order chi connectivity index (χ0) is 14.0. The molecule has 0 atom stereocenters. The van der Waals surface area contributed by atoms with Gasteiger partial charge in [0, 0.05) is 6.54 Å². The molecule has 0 spiro atoms. The van der Waals surface area contributed by atoms with Gasteiger partial charge in [0.15, 0.2) is 0 Å². The Kier molecular flexibility index (Phi) is 3.57. The minimum atomic E-state index is -4.51. The lowest BCUT2D eigenvalue weighted by atomic mass is 9.97. The number of halogens is 4. The Labute approximate surface area is 107 Å². The van der Waals surface area contributed by atoms with E-state index in [1.165, 1.54) is 30.3 Å². The summed E-state index contributed by atoms with van der Waals surface area (Å²) in [5.74, 6) is -0.575. The molecule has 0 aromatic heterocycles. The predicted molar refractivity (Wildman–Crippen MR) is 64.7 cm³/mol. The first-order chi connectivity index (χ1) is 8.91. The lowest BCUT2D eigenvalue weighted by Crippen LogP contribution is -2.09. The molecule has 0 radical (unpaired) electrons. The summed E-state index contributed by atoms with van der Waals surface area (Å²) in [7, 11) is 0. The van der Waals surface area contributed by atoms with Crippen molar-refractivity contribution in [3.05, 3.63) is 59.4 Å². The van der Waals surface area contributed by atoms with E-state index in [0.717, 1.165) is 12.1 Å². The zero-order valence-electron chi connectivity index (χ0n) is 9.84. The Morgan fingerprint density at radius 3 is 2.32 bits per heavy atom. The fourth-order valence-corrected chi connectivity index (χ4v) is 1.86. The topological polar surface area (TPSA) is 26.0 Å². The van der Waals surface area contributed by atoms with Crippen molar-refractivity contribution < 1.29 is 17.6 Å². The summed E-state index contributed by atoms with van der Waals surface area (Å²) < 4.78 is 52.2. The molecule has 0 saturated heterocycles. The highest BCUT2D eigenvalue weighted by Crippen LogP contribution is 2.37. The number of benzene rings is 2. The van der Waals surface area contributed by atoms with E-state index in [4.69, 9.17) is 5.73 Å². The van der Waals surface area contributed by atoms with E-state index in [0.29, 0.717) is 5.56 Å². The molecule has 0 aliphatic rings. The Hall–Kier alpha value is -1.88. The molecule has 2 aromatic rings. The third-order valence-electron chi connectivity index (χ3n) is 2.76. The van der Waals surface area contributed by atoms with Gasteiger partial charge in [-0.2, -0.15) is 13.2 Å². The average Bonchev–Trinajstić information content (AvgIpc) is 2.37. The van der Waals surface area contributed by atoms with Crippen LogP contribution >= 0.6 is 0 Å². The van der Waals surface area contributed by atoms with E-state index >= 15 is 0 Å². The Bertz CT molecular complexity index is 590. The van der Waals surface area contributed by atoms with Crippen LogP contribution < -0.4 is 5.73 Å². The summed E-state index contributed by atoms with van der Waals surface area (Å²) in [6.07, 6.45) is -4.51. The Morgan fingerprint density at radius 2 is 1.74 bits per heavy atom. The summed E-state index contributed by atoms with van der Waals surface area (Å²) in [6, 6.07) is 8.91. The molecular formula is C14H11F4N. The predicted octanol–water partition coefficient (Wildman–Crippen LogP) is 3.97. The molecule has 0 unspecified atom stereocenters. The van der Waals surface area contributed by atoms with E-state index in [2.05, 4.69) is 0 Å². The van der Waals surface area contributed by atoms with Crippen LogP contribution in [0.5, 0.6) is 0 Å². The lowest BCUT2D eigenvalue weighted by molar-refractivity contribution is -0.137. The highest BCUT2D eigenvalue weighted by molar-refractivity contribution is 5.68. The van der Waals surface area contributed by atoms with Crippen molar-refractivity contribution in [3.63, 3.8) is 0 Å². The number of hydrogen-bond acceptors (Lipinski definition) is 1. The summed E-state index contributed by atoms with van der Waals surface area (Å²) >= 11 is 0. The maximum atomic E-state index is 13.1. The van der Waals surface area contributed by atoms with Crippen LogP contribution in [-0.2, 0) is 12.7 Å². The third kappa shape index (κ3) is 2.93. The molecule has 2 N–H and O–H groups in total. The van der Waals surface area contributed by atoms with Crippen LogP contribution in [0.1, 0.15) is 11.1 Å². The second-order valence-electron chi connectivity index (χ2n) is 4.09. The lowest BCUT2D eigenvalue weighted by Gasteiger charge is -2.14. The van der Waals surface area contributed by atoms with E-state index < -0.39 is 17.6 Å². The van der Waals surface area contributed by atoms with E-state index in [-0.39, 0.29) is 17.7 Å². The van der Waals surface area contributed by atoms with Crippen molar-refractivity contribution in [1.29, 1.82) is 0 Å². The number of alkyl halides is 3. The van der Waals surface area contributed by atoms with Crippen molar-refractivity contribution >= 4 is 0 Å². The molecule has 2 aromatic carbocycles. The largest absolute Gasteiger partial charge is 0.417 e. The molecule has 0 aliphatic heterocycles. The maximum absolute atomic E-state index is 13.1. The first-order valence-electron chi connectivity index (χ1n) is 5.58. The minimum Gasteiger partial charge on any atom is -0.326 e. The van der Waals surface area contributed by atoms with Gasteiger partial charge >= 0.3 is 6.18 Å². The van der Waals surface area contributed by atoms with E-state index in [1.807, 2.05) is 0 Å². The van der Waals surface area contributed by atoms with E-state index in [9.17, 15) is 17.6 Å².